The van der Waals surface area contributed by atoms with E-state index in [4.69, 9.17) is 18.9 Å². The van der Waals surface area contributed by atoms with Gasteiger partial charge in [-0.1, -0.05) is 257 Å². The van der Waals surface area contributed by atoms with E-state index in [0.717, 1.165) is 89.9 Å². The summed E-state index contributed by atoms with van der Waals surface area (Å²) in [6.45, 7) is 2.64. The van der Waals surface area contributed by atoms with Gasteiger partial charge in [-0.3, -0.25) is 4.79 Å². The van der Waals surface area contributed by atoms with Gasteiger partial charge in [-0.25, -0.2) is 0 Å². The number of rotatable bonds is 55. The molecule has 0 radical (unpaired) electrons. The van der Waals surface area contributed by atoms with Crippen LogP contribution in [0.3, 0.4) is 0 Å². The number of hydrogen-bond donors (Lipinski definition) is 9. The predicted molar refractivity (Wildman–Crippen MR) is 359 cm³/mol. The van der Waals surface area contributed by atoms with Crippen LogP contribution in [0.15, 0.2) is 122 Å². The molecule has 9 N–H and O–H groups in total. The molecule has 0 saturated carbocycles. The highest BCUT2D eigenvalue weighted by atomic mass is 16.7. The molecule has 2 heterocycles. The van der Waals surface area contributed by atoms with Gasteiger partial charge in [-0.15, -0.1) is 0 Å². The van der Waals surface area contributed by atoms with Crippen molar-refractivity contribution >= 4 is 5.91 Å². The van der Waals surface area contributed by atoms with Crippen LogP contribution in [0.1, 0.15) is 245 Å². The monoisotopic (exact) mass is 1240 g/mol. The Kier molecular flexibility index (Phi) is 52.4. The summed E-state index contributed by atoms with van der Waals surface area (Å²) in [5.41, 5.74) is 0. The molecule has 12 atom stereocenters. The number of carbonyl (C=O) groups is 1. The maximum atomic E-state index is 13.3. The topological polar surface area (TPSA) is 228 Å². The second-order valence-corrected chi connectivity index (χ2v) is 23.9. The second kappa shape index (κ2) is 57.3. The van der Waals surface area contributed by atoms with Gasteiger partial charge in [-0.05, 0) is 103 Å². The maximum Gasteiger partial charge on any atom is 0.220 e. The van der Waals surface area contributed by atoms with Gasteiger partial charge in [0.05, 0.1) is 32.0 Å². The third-order valence-electron chi connectivity index (χ3n) is 16.1. The third-order valence-corrected chi connectivity index (χ3v) is 16.1. The zero-order chi connectivity index (χ0) is 63.8. The molecule has 0 aromatic rings. The third kappa shape index (κ3) is 41.0. The molecule has 2 aliphatic rings. The lowest BCUT2D eigenvalue weighted by atomic mass is 9.97. The summed E-state index contributed by atoms with van der Waals surface area (Å²) in [6.07, 6.45) is 66.9. The zero-order valence-electron chi connectivity index (χ0n) is 54.7. The van der Waals surface area contributed by atoms with Gasteiger partial charge in [0.25, 0.3) is 0 Å². The molecule has 2 aliphatic heterocycles. The highest BCUT2D eigenvalue weighted by Gasteiger charge is 2.51. The number of nitrogens with one attached hydrogen (secondary N) is 1. The molecule has 504 valence electrons. The number of amides is 1. The van der Waals surface area contributed by atoms with Crippen LogP contribution in [0.4, 0.5) is 0 Å². The molecule has 12 unspecified atom stereocenters. The number of unbranched alkanes of at least 4 members (excludes halogenated alkanes) is 24. The van der Waals surface area contributed by atoms with Crippen LogP contribution in [0.25, 0.3) is 0 Å². The van der Waals surface area contributed by atoms with Crippen molar-refractivity contribution in [3.05, 3.63) is 122 Å². The Balaban J connectivity index is 1.61. The number of allylic oxidation sites excluding steroid dienone is 19. The normalized spacial score (nSPS) is 23.9. The number of aliphatic hydroxyl groups excluding tert-OH is 8. The SMILES string of the molecule is CC/C=C\C/C=C\C/C=C\C/C=C\C/C=C\C/C=C\C/C=C\CCCCCCCCCCCCCCCCCCCC(=O)NC(COC1OC(CO)C(OC2OC(CO)C(O)C(O)C2O)C(O)C1O)C(O)/C=C/CC/C=C/CC/C=C/CCCCCCC. The summed E-state index contributed by atoms with van der Waals surface area (Å²) in [5.74, 6) is -0.256. The van der Waals surface area contributed by atoms with Crippen LogP contribution in [0.2, 0.25) is 0 Å². The molecule has 0 bridgehead atoms. The van der Waals surface area contributed by atoms with E-state index in [1.807, 2.05) is 6.08 Å². The Hall–Kier alpha value is -3.61. The molecule has 1 amide bonds. The van der Waals surface area contributed by atoms with E-state index in [0.29, 0.717) is 12.8 Å². The van der Waals surface area contributed by atoms with E-state index < -0.39 is 86.8 Å². The summed E-state index contributed by atoms with van der Waals surface area (Å²) >= 11 is 0. The summed E-state index contributed by atoms with van der Waals surface area (Å²) < 4.78 is 22.8. The fourth-order valence-corrected chi connectivity index (χ4v) is 10.6. The second-order valence-electron chi connectivity index (χ2n) is 23.9. The van der Waals surface area contributed by atoms with E-state index in [9.17, 15) is 45.6 Å². The molecule has 0 spiro atoms. The van der Waals surface area contributed by atoms with Crippen molar-refractivity contribution in [2.45, 2.75) is 319 Å². The van der Waals surface area contributed by atoms with Crippen molar-refractivity contribution in [2.75, 3.05) is 19.8 Å². The number of carbonyl (C=O) groups excluding carboxylic acids is 1. The van der Waals surface area contributed by atoms with Gasteiger partial charge in [0.15, 0.2) is 12.6 Å². The van der Waals surface area contributed by atoms with Crippen molar-refractivity contribution in [1.29, 1.82) is 0 Å². The lowest BCUT2D eigenvalue weighted by Gasteiger charge is -2.46. The predicted octanol–water partition coefficient (Wildman–Crippen LogP) is 14.1. The molecule has 2 rings (SSSR count). The van der Waals surface area contributed by atoms with Gasteiger partial charge in [0.1, 0.15) is 48.8 Å². The Labute approximate surface area is 533 Å². The molecule has 88 heavy (non-hydrogen) atoms. The van der Waals surface area contributed by atoms with Crippen LogP contribution < -0.4 is 5.32 Å². The van der Waals surface area contributed by atoms with Crippen LogP contribution in [0.5, 0.6) is 0 Å². The summed E-state index contributed by atoms with van der Waals surface area (Å²) in [6, 6.07) is -0.943. The van der Waals surface area contributed by atoms with Gasteiger partial charge in [0.2, 0.25) is 5.91 Å². The average molecular weight is 1240 g/mol. The Morgan fingerprint density at radius 2 is 0.795 bits per heavy atom. The Morgan fingerprint density at radius 3 is 1.25 bits per heavy atom. The number of ether oxygens (including phenoxy) is 4. The lowest BCUT2D eigenvalue weighted by molar-refractivity contribution is -0.359. The van der Waals surface area contributed by atoms with Crippen LogP contribution >= 0.6 is 0 Å². The first kappa shape index (κ1) is 80.5. The van der Waals surface area contributed by atoms with Gasteiger partial charge in [-0.2, -0.15) is 0 Å². The van der Waals surface area contributed by atoms with E-state index in [1.165, 1.54) is 122 Å². The molecule has 0 aliphatic carbocycles. The Bertz CT molecular complexity index is 1940. The molecule has 14 heteroatoms. The summed E-state index contributed by atoms with van der Waals surface area (Å²) in [4.78, 5) is 13.3. The quantitative estimate of drug-likeness (QED) is 0.0204. The largest absolute Gasteiger partial charge is 0.394 e. The van der Waals surface area contributed by atoms with Crippen LogP contribution in [0, 0.1) is 0 Å². The maximum absolute atomic E-state index is 13.3. The zero-order valence-corrected chi connectivity index (χ0v) is 54.7. The smallest absolute Gasteiger partial charge is 0.220 e. The molecular weight excluding hydrogens is 1110 g/mol. The molecule has 0 aromatic carbocycles. The molecule has 2 fully saturated rings. The minimum Gasteiger partial charge on any atom is -0.394 e. The molecular formula is C74H125NO13. The molecule has 14 nitrogen and oxygen atoms in total. The highest BCUT2D eigenvalue weighted by Crippen LogP contribution is 2.30. The van der Waals surface area contributed by atoms with Gasteiger partial charge >= 0.3 is 0 Å². The number of aliphatic hydroxyl groups is 8. The molecule has 2 saturated heterocycles. The van der Waals surface area contributed by atoms with Crippen LogP contribution in [-0.4, -0.2) is 140 Å². The summed E-state index contributed by atoms with van der Waals surface area (Å²) in [7, 11) is 0. The Morgan fingerprint density at radius 1 is 0.420 bits per heavy atom. The van der Waals surface area contributed by atoms with Crippen molar-refractivity contribution in [3.63, 3.8) is 0 Å². The van der Waals surface area contributed by atoms with Crippen molar-refractivity contribution in [2.24, 2.45) is 0 Å². The van der Waals surface area contributed by atoms with E-state index >= 15 is 0 Å². The minimum absolute atomic E-state index is 0.256. The molecule has 0 aromatic heterocycles. The fourth-order valence-electron chi connectivity index (χ4n) is 10.6. The first-order chi connectivity index (χ1) is 43.1. The lowest BCUT2D eigenvalue weighted by Crippen LogP contribution is -2.65. The minimum atomic E-state index is -1.80. The number of hydrogen-bond acceptors (Lipinski definition) is 13. The van der Waals surface area contributed by atoms with Crippen molar-refractivity contribution in [3.8, 4) is 0 Å². The van der Waals surface area contributed by atoms with Gasteiger partial charge < -0.3 is 65.1 Å². The van der Waals surface area contributed by atoms with Crippen LogP contribution in [-0.2, 0) is 23.7 Å². The first-order valence-electron chi connectivity index (χ1n) is 34.8. The van der Waals surface area contributed by atoms with Crippen molar-refractivity contribution < 1.29 is 64.6 Å². The van der Waals surface area contributed by atoms with E-state index in [2.05, 4.69) is 129 Å². The highest BCUT2D eigenvalue weighted by molar-refractivity contribution is 5.76. The summed E-state index contributed by atoms with van der Waals surface area (Å²) in [5, 5.41) is 87.2. The fraction of sp³-hybridized carbons (Fsp3) is 0.716. The van der Waals surface area contributed by atoms with E-state index in [-0.39, 0.29) is 18.9 Å². The average Bonchev–Trinajstić information content (AvgIpc) is 2.99. The first-order valence-corrected chi connectivity index (χ1v) is 34.8. The van der Waals surface area contributed by atoms with E-state index in [1.54, 1.807) is 6.08 Å². The van der Waals surface area contributed by atoms with Gasteiger partial charge in [0, 0.05) is 6.42 Å². The van der Waals surface area contributed by atoms with Crippen molar-refractivity contribution in [1.82, 2.24) is 5.32 Å². The standard InChI is InChI=1S/C74H125NO13/c1-3-5-7-9-11-13-15-17-19-20-21-22-23-24-25-26-27-28-29-30-31-32-33-34-35-36-37-38-39-40-41-42-44-46-48-50-52-54-56-58-66(79)75-62(63(78)57-55-53-51-49-47-45-43-18-16-14-12-10-8-6-4-2)61-85-73-71(84)69(82)72(65(60-77)87-73)88-74-70(83)68(81)67(80)64(59-76)86-74/h5,7,11,13,16-19,21-22,24-25,27-28,30-31,47,49,55,57,62-65,67-74,76-78,80-84H,3-4,6,8-10,12,14-15,20,23,26,29,32-46,48,50-54,56,58-61H2,1-2H3,(H,75,79)/b7-5-,13-11-,18-16+,19-17-,22-21-,25-24-,28-27-,31-30-,49-47+,57-55+.